The molecule has 88 valence electrons. The van der Waals surface area contributed by atoms with E-state index in [9.17, 15) is 0 Å². The van der Waals surface area contributed by atoms with Gasteiger partial charge < -0.3 is 10.2 Å². The SMILES string of the molecule is C#CCN(CCC)Cc1cc(CN)oc1C. The van der Waals surface area contributed by atoms with Crippen LogP contribution in [0.4, 0.5) is 0 Å². The molecule has 0 aliphatic rings. The Kier molecular flexibility index (Phi) is 5.10. The average molecular weight is 220 g/mol. The van der Waals surface area contributed by atoms with E-state index in [-0.39, 0.29) is 0 Å². The van der Waals surface area contributed by atoms with Crippen LogP contribution in [-0.2, 0) is 13.1 Å². The van der Waals surface area contributed by atoms with Crippen molar-refractivity contribution in [3.8, 4) is 12.3 Å². The molecule has 0 spiro atoms. The van der Waals surface area contributed by atoms with Gasteiger partial charge >= 0.3 is 0 Å². The van der Waals surface area contributed by atoms with Crippen molar-refractivity contribution in [3.63, 3.8) is 0 Å². The minimum atomic E-state index is 0.448. The average Bonchev–Trinajstić information content (AvgIpc) is 2.60. The molecule has 3 heteroatoms. The predicted octanol–water partition coefficient (Wildman–Crippen LogP) is 1.89. The van der Waals surface area contributed by atoms with Gasteiger partial charge in [-0.15, -0.1) is 6.42 Å². The Hall–Kier alpha value is -1.24. The number of aryl methyl sites for hydroxylation is 1. The maximum Gasteiger partial charge on any atom is 0.118 e. The molecule has 0 radical (unpaired) electrons. The van der Waals surface area contributed by atoms with Gasteiger partial charge in [0.1, 0.15) is 11.5 Å². The third-order valence-electron chi connectivity index (χ3n) is 2.52. The molecule has 0 saturated heterocycles. The summed E-state index contributed by atoms with van der Waals surface area (Å²) < 4.78 is 5.52. The fourth-order valence-electron chi connectivity index (χ4n) is 1.75. The lowest BCUT2D eigenvalue weighted by molar-refractivity contribution is 0.297. The third kappa shape index (κ3) is 3.41. The van der Waals surface area contributed by atoms with Crippen LogP contribution in [0.2, 0.25) is 0 Å². The summed E-state index contributed by atoms with van der Waals surface area (Å²) in [6.07, 6.45) is 6.45. The maximum absolute atomic E-state index is 5.54. The van der Waals surface area contributed by atoms with Crippen LogP contribution in [0.3, 0.4) is 0 Å². The Labute approximate surface area is 97.6 Å². The third-order valence-corrected chi connectivity index (χ3v) is 2.52. The first-order valence-electron chi connectivity index (χ1n) is 5.65. The van der Waals surface area contributed by atoms with E-state index in [4.69, 9.17) is 16.6 Å². The van der Waals surface area contributed by atoms with Crippen molar-refractivity contribution < 1.29 is 4.42 Å². The molecule has 16 heavy (non-hydrogen) atoms. The molecule has 2 N–H and O–H groups in total. The molecule has 0 saturated carbocycles. The van der Waals surface area contributed by atoms with Crippen LogP contribution in [-0.4, -0.2) is 18.0 Å². The summed E-state index contributed by atoms with van der Waals surface area (Å²) in [6.45, 7) is 7.09. The molecule has 0 bridgehead atoms. The normalized spacial score (nSPS) is 10.7. The summed E-state index contributed by atoms with van der Waals surface area (Å²) in [5.74, 6) is 4.46. The predicted molar refractivity (Wildman–Crippen MR) is 65.7 cm³/mol. The molecule has 1 aromatic heterocycles. The summed E-state index contributed by atoms with van der Waals surface area (Å²) >= 11 is 0. The highest BCUT2D eigenvalue weighted by Gasteiger charge is 2.10. The van der Waals surface area contributed by atoms with Gasteiger partial charge in [0, 0.05) is 12.1 Å². The standard InChI is InChI=1S/C13H20N2O/c1-4-6-15(7-5-2)10-12-8-13(9-14)16-11(12)3/h1,8H,5-7,9-10,14H2,2-3H3. The van der Waals surface area contributed by atoms with Crippen molar-refractivity contribution in [2.75, 3.05) is 13.1 Å². The zero-order valence-electron chi connectivity index (χ0n) is 10.1. The molecular formula is C13H20N2O. The number of nitrogens with zero attached hydrogens (tertiary/aromatic N) is 1. The van der Waals surface area contributed by atoms with E-state index in [1.807, 2.05) is 13.0 Å². The lowest BCUT2D eigenvalue weighted by Crippen LogP contribution is -2.24. The van der Waals surface area contributed by atoms with Crippen LogP contribution in [0.15, 0.2) is 10.5 Å². The first-order chi connectivity index (χ1) is 7.71. The summed E-state index contributed by atoms with van der Waals surface area (Å²) in [6, 6.07) is 2.02. The van der Waals surface area contributed by atoms with Crippen LogP contribution in [0, 0.1) is 19.3 Å². The summed E-state index contributed by atoms with van der Waals surface area (Å²) in [7, 11) is 0. The zero-order chi connectivity index (χ0) is 12.0. The van der Waals surface area contributed by atoms with Gasteiger partial charge in [0.15, 0.2) is 0 Å². The molecule has 0 atom stereocenters. The molecule has 0 unspecified atom stereocenters. The van der Waals surface area contributed by atoms with Gasteiger partial charge in [-0.05, 0) is 26.0 Å². The lowest BCUT2D eigenvalue weighted by atomic mass is 10.2. The van der Waals surface area contributed by atoms with E-state index in [0.717, 1.165) is 31.0 Å². The van der Waals surface area contributed by atoms with Crippen molar-refractivity contribution in [2.24, 2.45) is 5.73 Å². The lowest BCUT2D eigenvalue weighted by Gasteiger charge is -2.18. The first kappa shape index (κ1) is 12.8. The Morgan fingerprint density at radius 3 is 2.81 bits per heavy atom. The minimum Gasteiger partial charge on any atom is -0.465 e. The van der Waals surface area contributed by atoms with Gasteiger partial charge in [-0.25, -0.2) is 0 Å². The number of hydrogen-bond donors (Lipinski definition) is 1. The highest BCUT2D eigenvalue weighted by atomic mass is 16.3. The summed E-state index contributed by atoms with van der Waals surface area (Å²) in [5, 5.41) is 0. The van der Waals surface area contributed by atoms with E-state index in [1.54, 1.807) is 0 Å². The van der Waals surface area contributed by atoms with Crippen LogP contribution >= 0.6 is 0 Å². The molecule has 0 fully saturated rings. The molecule has 0 aromatic carbocycles. The largest absolute Gasteiger partial charge is 0.465 e. The van der Waals surface area contributed by atoms with Crippen molar-refractivity contribution in [1.82, 2.24) is 4.90 Å². The van der Waals surface area contributed by atoms with Gasteiger partial charge in [-0.3, -0.25) is 4.90 Å². The quantitative estimate of drug-likeness (QED) is 0.744. The zero-order valence-corrected chi connectivity index (χ0v) is 10.1. The smallest absolute Gasteiger partial charge is 0.118 e. The molecule has 3 nitrogen and oxygen atoms in total. The van der Waals surface area contributed by atoms with E-state index >= 15 is 0 Å². The molecule has 0 aliphatic carbocycles. The highest BCUT2D eigenvalue weighted by molar-refractivity contribution is 5.20. The van der Waals surface area contributed by atoms with Gasteiger partial charge in [-0.2, -0.15) is 0 Å². The molecule has 1 aromatic rings. The molecule has 1 rings (SSSR count). The monoisotopic (exact) mass is 220 g/mol. The fourth-order valence-corrected chi connectivity index (χ4v) is 1.75. The second-order valence-electron chi connectivity index (χ2n) is 3.91. The summed E-state index contributed by atoms with van der Waals surface area (Å²) in [5.41, 5.74) is 6.72. The van der Waals surface area contributed by atoms with Crippen LogP contribution in [0.5, 0.6) is 0 Å². The first-order valence-corrected chi connectivity index (χ1v) is 5.65. The molecule has 0 amide bonds. The molecule has 1 heterocycles. The number of furan rings is 1. The second-order valence-corrected chi connectivity index (χ2v) is 3.91. The molecular weight excluding hydrogens is 200 g/mol. The molecule has 0 aliphatic heterocycles. The Balaban J connectivity index is 2.68. The number of terminal acetylenes is 1. The highest BCUT2D eigenvalue weighted by Crippen LogP contribution is 2.16. The van der Waals surface area contributed by atoms with Gasteiger partial charge in [-0.1, -0.05) is 12.8 Å². The Bertz CT molecular complexity index is 362. The topological polar surface area (TPSA) is 42.4 Å². The van der Waals surface area contributed by atoms with Crippen molar-refractivity contribution in [3.05, 3.63) is 23.2 Å². The maximum atomic E-state index is 5.54. The van der Waals surface area contributed by atoms with Gasteiger partial charge in [0.25, 0.3) is 0 Å². The minimum absolute atomic E-state index is 0.448. The number of hydrogen-bond acceptors (Lipinski definition) is 3. The van der Waals surface area contributed by atoms with Crippen LogP contribution in [0.25, 0.3) is 0 Å². The van der Waals surface area contributed by atoms with E-state index < -0.39 is 0 Å². The summed E-state index contributed by atoms with van der Waals surface area (Å²) in [4.78, 5) is 2.23. The van der Waals surface area contributed by atoms with Crippen molar-refractivity contribution >= 4 is 0 Å². The van der Waals surface area contributed by atoms with Crippen LogP contribution in [0.1, 0.15) is 30.4 Å². The van der Waals surface area contributed by atoms with Crippen LogP contribution < -0.4 is 5.73 Å². The van der Waals surface area contributed by atoms with Crippen molar-refractivity contribution in [1.29, 1.82) is 0 Å². The number of rotatable bonds is 6. The second kappa shape index (κ2) is 6.37. The fraction of sp³-hybridized carbons (Fsp3) is 0.538. The van der Waals surface area contributed by atoms with Crippen molar-refractivity contribution in [2.45, 2.75) is 33.4 Å². The Morgan fingerprint density at radius 1 is 1.56 bits per heavy atom. The van der Waals surface area contributed by atoms with Gasteiger partial charge in [0.2, 0.25) is 0 Å². The number of nitrogens with two attached hydrogens (primary N) is 1. The van der Waals surface area contributed by atoms with E-state index in [0.29, 0.717) is 13.1 Å². The Morgan fingerprint density at radius 2 is 2.31 bits per heavy atom. The van der Waals surface area contributed by atoms with E-state index in [2.05, 4.69) is 17.7 Å². The van der Waals surface area contributed by atoms with E-state index in [1.165, 1.54) is 5.56 Å². The van der Waals surface area contributed by atoms with Gasteiger partial charge in [0.05, 0.1) is 13.1 Å².